The van der Waals surface area contributed by atoms with E-state index in [1.54, 1.807) is 12.1 Å². The van der Waals surface area contributed by atoms with Gasteiger partial charge in [0.1, 0.15) is 4.90 Å². The van der Waals surface area contributed by atoms with E-state index in [1.807, 2.05) is 62.5 Å². The molecule has 45 heavy (non-hydrogen) atoms. The van der Waals surface area contributed by atoms with Crippen molar-refractivity contribution in [2.75, 3.05) is 58.5 Å². The molecular formula is C33H45N5O6S. The van der Waals surface area contributed by atoms with Gasteiger partial charge in [0.15, 0.2) is 15.6 Å². The third-order valence-electron chi connectivity index (χ3n) is 8.94. The number of aryl methyl sites for hydroxylation is 1. The van der Waals surface area contributed by atoms with E-state index in [0.717, 1.165) is 60.8 Å². The van der Waals surface area contributed by atoms with Crippen molar-refractivity contribution in [3.8, 4) is 11.6 Å². The molecule has 0 spiro atoms. The van der Waals surface area contributed by atoms with Gasteiger partial charge in [-0.15, -0.1) is 0 Å². The second-order valence-electron chi connectivity index (χ2n) is 13.2. The standard InChI is InChI=1S/C33H45N5O6S/c1-33(2,3)24-19-25(30(43-6)27(20-24)45(7,41)42)34-32(40)44-28-18-22-10-8-11-23(29(22)36(28)5)21-37-14-16-38(17-15-37)31(39)26-12-9-13-35(26)4/h8,10-11,18-20,26H,9,12-17,21H2,1-7H3,(H,34,40)/t26-/m0/s1. The van der Waals surface area contributed by atoms with Gasteiger partial charge >= 0.3 is 6.09 Å². The van der Waals surface area contributed by atoms with Crippen LogP contribution in [0.3, 0.4) is 0 Å². The summed E-state index contributed by atoms with van der Waals surface area (Å²) in [5.41, 5.74) is 2.61. The topological polar surface area (TPSA) is 113 Å². The van der Waals surface area contributed by atoms with Crippen LogP contribution in [0.2, 0.25) is 0 Å². The van der Waals surface area contributed by atoms with E-state index >= 15 is 0 Å². The third-order valence-corrected chi connectivity index (χ3v) is 10.0. The molecule has 0 aliphatic carbocycles. The fourth-order valence-corrected chi connectivity index (χ4v) is 7.22. The van der Waals surface area contributed by atoms with Gasteiger partial charge in [-0.3, -0.25) is 19.9 Å². The number of ether oxygens (including phenoxy) is 2. The maximum atomic E-state index is 13.2. The highest BCUT2D eigenvalue weighted by Gasteiger charge is 2.33. The quantitative estimate of drug-likeness (QED) is 0.409. The average molecular weight is 640 g/mol. The number of methoxy groups -OCH3 is 1. The number of fused-ring (bicyclic) bond motifs is 1. The van der Waals surface area contributed by atoms with Gasteiger partial charge in [0.05, 0.1) is 24.4 Å². The van der Waals surface area contributed by atoms with Crippen LogP contribution >= 0.6 is 0 Å². The van der Waals surface area contributed by atoms with E-state index in [4.69, 9.17) is 9.47 Å². The number of nitrogens with one attached hydrogen (secondary N) is 1. The van der Waals surface area contributed by atoms with Gasteiger partial charge in [-0.05, 0) is 55.1 Å². The van der Waals surface area contributed by atoms with Crippen LogP contribution in [0.5, 0.6) is 11.6 Å². The van der Waals surface area contributed by atoms with Crippen LogP contribution in [0.1, 0.15) is 44.7 Å². The number of piperazine rings is 1. The molecule has 244 valence electrons. The zero-order valence-corrected chi connectivity index (χ0v) is 28.2. The molecule has 2 aliphatic rings. The van der Waals surface area contributed by atoms with Crippen molar-refractivity contribution in [1.29, 1.82) is 0 Å². The summed E-state index contributed by atoms with van der Waals surface area (Å²) in [6.07, 6.45) is 2.36. The molecule has 2 amide bonds. The van der Waals surface area contributed by atoms with Crippen molar-refractivity contribution < 1.29 is 27.5 Å². The smallest absolute Gasteiger partial charge is 0.418 e. The van der Waals surface area contributed by atoms with E-state index in [2.05, 4.69) is 21.2 Å². The number of para-hydroxylation sites is 1. The summed E-state index contributed by atoms with van der Waals surface area (Å²) in [7, 11) is 1.61. The van der Waals surface area contributed by atoms with Crippen LogP contribution in [0.15, 0.2) is 41.3 Å². The SMILES string of the molecule is COc1c(NC(=O)Oc2cc3cccc(CN4CCN(C(=O)[C@@H]5CCCN5C)CC4)c3n2C)cc(C(C)(C)C)cc1S(C)(=O)=O. The van der Waals surface area contributed by atoms with E-state index in [0.29, 0.717) is 25.5 Å². The molecule has 0 unspecified atom stereocenters. The number of rotatable bonds is 7. The predicted molar refractivity (Wildman–Crippen MR) is 175 cm³/mol. The van der Waals surface area contributed by atoms with Gasteiger partial charge in [-0.2, -0.15) is 0 Å². The van der Waals surface area contributed by atoms with Crippen molar-refractivity contribution in [3.05, 3.63) is 47.5 Å². The number of carbonyl (C=O) groups excluding carboxylic acids is 2. The summed E-state index contributed by atoms with van der Waals surface area (Å²) in [6, 6.07) is 11.2. The third kappa shape index (κ3) is 6.97. The lowest BCUT2D eigenvalue weighted by molar-refractivity contribution is -0.137. The number of sulfone groups is 1. The van der Waals surface area contributed by atoms with Crippen LogP contribution in [0, 0.1) is 0 Å². The lowest BCUT2D eigenvalue weighted by atomic mass is 9.86. The summed E-state index contributed by atoms with van der Waals surface area (Å²) in [5, 5.41) is 3.65. The van der Waals surface area contributed by atoms with Gasteiger partial charge in [-0.1, -0.05) is 39.0 Å². The molecule has 2 aromatic carbocycles. The Morgan fingerprint density at radius 1 is 1.02 bits per heavy atom. The summed E-state index contributed by atoms with van der Waals surface area (Å²) < 4.78 is 38.3. The number of hydrogen-bond acceptors (Lipinski definition) is 8. The maximum absolute atomic E-state index is 13.2. The van der Waals surface area contributed by atoms with Crippen molar-refractivity contribution in [2.24, 2.45) is 7.05 Å². The van der Waals surface area contributed by atoms with Gasteiger partial charge in [0, 0.05) is 57.5 Å². The molecule has 1 N–H and O–H groups in total. The van der Waals surface area contributed by atoms with Crippen LogP contribution in [0.4, 0.5) is 10.5 Å². The first-order valence-corrected chi connectivity index (χ1v) is 17.3. The Bertz CT molecular complexity index is 1700. The Morgan fingerprint density at radius 3 is 2.33 bits per heavy atom. The number of likely N-dealkylation sites (tertiary alicyclic amines) is 1. The van der Waals surface area contributed by atoms with E-state index in [-0.39, 0.29) is 33.7 Å². The van der Waals surface area contributed by atoms with E-state index in [9.17, 15) is 18.0 Å². The van der Waals surface area contributed by atoms with Gasteiger partial charge < -0.3 is 18.9 Å². The number of amides is 2. The number of hydrogen-bond donors (Lipinski definition) is 1. The molecular weight excluding hydrogens is 594 g/mol. The van der Waals surface area contributed by atoms with E-state index in [1.165, 1.54) is 7.11 Å². The average Bonchev–Trinajstić information content (AvgIpc) is 3.54. The molecule has 1 atom stereocenters. The fraction of sp³-hybridized carbons (Fsp3) is 0.515. The van der Waals surface area contributed by atoms with Gasteiger partial charge in [0.25, 0.3) is 0 Å². The number of carbonyl (C=O) groups is 2. The van der Waals surface area contributed by atoms with Gasteiger partial charge in [-0.25, -0.2) is 13.2 Å². The number of anilines is 1. The number of aromatic nitrogens is 1. The first kappa shape index (κ1) is 32.8. The molecule has 0 saturated carbocycles. The minimum Gasteiger partial charge on any atom is -0.493 e. The molecule has 3 aromatic rings. The van der Waals surface area contributed by atoms with Crippen LogP contribution in [-0.2, 0) is 33.6 Å². The minimum atomic E-state index is -3.65. The number of benzene rings is 2. The summed E-state index contributed by atoms with van der Waals surface area (Å²) in [6.45, 7) is 10.6. The molecule has 3 heterocycles. The summed E-state index contributed by atoms with van der Waals surface area (Å²) in [4.78, 5) is 32.8. The van der Waals surface area contributed by atoms with E-state index < -0.39 is 15.9 Å². The molecule has 5 rings (SSSR count). The van der Waals surface area contributed by atoms with Crippen molar-refractivity contribution in [3.63, 3.8) is 0 Å². The number of likely N-dealkylation sites (N-methyl/N-ethyl adjacent to an activating group) is 1. The second kappa shape index (κ2) is 12.6. The van der Waals surface area contributed by atoms with Crippen LogP contribution in [0.25, 0.3) is 10.9 Å². The molecule has 2 saturated heterocycles. The monoisotopic (exact) mass is 639 g/mol. The molecule has 12 heteroatoms. The zero-order chi connectivity index (χ0) is 32.7. The minimum absolute atomic E-state index is 0.00181. The van der Waals surface area contributed by atoms with Crippen molar-refractivity contribution in [2.45, 2.75) is 56.5 Å². The Morgan fingerprint density at radius 2 is 1.73 bits per heavy atom. The molecule has 1 aromatic heterocycles. The normalized spacial score (nSPS) is 18.4. The lowest BCUT2D eigenvalue weighted by Crippen LogP contribution is -2.52. The van der Waals surface area contributed by atoms with Crippen LogP contribution in [-0.4, -0.2) is 98.9 Å². The Kier molecular flexibility index (Phi) is 9.21. The second-order valence-corrected chi connectivity index (χ2v) is 15.2. The highest BCUT2D eigenvalue weighted by atomic mass is 32.2. The first-order chi connectivity index (χ1) is 21.2. The predicted octanol–water partition coefficient (Wildman–Crippen LogP) is 4.24. The number of nitrogens with zero attached hydrogens (tertiary/aromatic N) is 4. The lowest BCUT2D eigenvalue weighted by Gasteiger charge is -2.37. The molecule has 11 nitrogen and oxygen atoms in total. The zero-order valence-electron chi connectivity index (χ0n) is 27.3. The highest BCUT2D eigenvalue weighted by Crippen LogP contribution is 2.38. The van der Waals surface area contributed by atoms with Crippen molar-refractivity contribution >= 4 is 38.4 Å². The Labute approximate surface area is 266 Å². The van der Waals surface area contributed by atoms with Crippen LogP contribution < -0.4 is 14.8 Å². The largest absolute Gasteiger partial charge is 0.493 e. The maximum Gasteiger partial charge on any atom is 0.418 e. The molecule has 0 radical (unpaired) electrons. The Hall–Kier alpha value is -3.61. The fourth-order valence-electron chi connectivity index (χ4n) is 6.35. The Balaban J connectivity index is 1.31. The molecule has 2 aliphatic heterocycles. The molecule has 0 bridgehead atoms. The highest BCUT2D eigenvalue weighted by molar-refractivity contribution is 7.90. The molecule has 2 fully saturated rings. The van der Waals surface area contributed by atoms with Gasteiger partial charge in [0.2, 0.25) is 11.8 Å². The summed E-state index contributed by atoms with van der Waals surface area (Å²) >= 11 is 0. The summed E-state index contributed by atoms with van der Waals surface area (Å²) in [5.74, 6) is 0.647. The van der Waals surface area contributed by atoms with Crippen molar-refractivity contribution in [1.82, 2.24) is 19.3 Å². The first-order valence-electron chi connectivity index (χ1n) is 15.4.